The van der Waals surface area contributed by atoms with E-state index in [1.54, 1.807) is 24.3 Å². The van der Waals surface area contributed by atoms with Crippen molar-refractivity contribution in [2.45, 2.75) is 12.8 Å². The molecule has 0 atom stereocenters. The fourth-order valence-electron chi connectivity index (χ4n) is 2.76. The predicted molar refractivity (Wildman–Crippen MR) is 92.7 cm³/mol. The number of ether oxygens (including phenoxy) is 1. The van der Waals surface area contributed by atoms with Crippen molar-refractivity contribution >= 4 is 23.6 Å². The number of hydrogen-bond acceptors (Lipinski definition) is 5. The Labute approximate surface area is 154 Å². The van der Waals surface area contributed by atoms with Crippen LogP contribution >= 0.6 is 0 Å². The molecule has 1 heterocycles. The van der Waals surface area contributed by atoms with E-state index in [-0.39, 0.29) is 31.8 Å². The molecule has 138 valence electrons. The number of halogens is 1. The third kappa shape index (κ3) is 4.08. The zero-order valence-electron chi connectivity index (χ0n) is 14.3. The topological polar surface area (TPSA) is 80.8 Å². The summed E-state index contributed by atoms with van der Waals surface area (Å²) in [5, 5.41) is 0. The molecule has 3 rings (SSSR count). The van der Waals surface area contributed by atoms with Crippen molar-refractivity contribution in [3.63, 3.8) is 0 Å². The number of Topliss-reactive ketones (excluding diaryl/α,β-unsaturated/α-hetero) is 1. The highest BCUT2D eigenvalue weighted by Crippen LogP contribution is 2.21. The maximum absolute atomic E-state index is 12.8. The second kappa shape index (κ2) is 7.90. The van der Waals surface area contributed by atoms with Crippen LogP contribution in [-0.4, -0.2) is 41.6 Å². The van der Waals surface area contributed by atoms with Crippen LogP contribution in [0.2, 0.25) is 0 Å². The number of fused-ring (bicyclic) bond motifs is 1. The molecule has 0 fully saturated rings. The van der Waals surface area contributed by atoms with Crippen LogP contribution in [0.5, 0.6) is 0 Å². The third-order valence-electron chi connectivity index (χ3n) is 4.18. The van der Waals surface area contributed by atoms with Gasteiger partial charge >= 0.3 is 5.97 Å². The molecule has 1 aliphatic rings. The third-order valence-corrected chi connectivity index (χ3v) is 4.18. The van der Waals surface area contributed by atoms with Gasteiger partial charge in [0.15, 0.2) is 5.78 Å². The normalized spacial score (nSPS) is 12.9. The van der Waals surface area contributed by atoms with Crippen LogP contribution in [0.25, 0.3) is 0 Å². The number of esters is 1. The molecular formula is C20H16FNO5. The molecule has 2 aromatic carbocycles. The van der Waals surface area contributed by atoms with E-state index in [1.807, 2.05) is 0 Å². The zero-order chi connectivity index (χ0) is 19.4. The fourth-order valence-corrected chi connectivity index (χ4v) is 2.76. The Bertz CT molecular complexity index is 872. The van der Waals surface area contributed by atoms with Crippen molar-refractivity contribution in [2.24, 2.45) is 0 Å². The number of nitrogens with zero attached hydrogens (tertiary/aromatic N) is 1. The van der Waals surface area contributed by atoms with Gasteiger partial charge in [0.1, 0.15) is 12.4 Å². The molecule has 7 heteroatoms. The Kier molecular flexibility index (Phi) is 5.40. The number of carbonyl (C=O) groups excluding carboxylic acids is 4. The molecule has 0 bridgehead atoms. The Hall–Kier alpha value is -3.35. The standard InChI is InChI=1S/C20H16FNO5/c21-14-7-5-13(6-8-14)17(23)9-10-18(24)27-12-11-22-19(25)15-3-1-2-4-16(15)20(22)26/h1-8H,9-12H2. The van der Waals surface area contributed by atoms with Gasteiger partial charge in [-0.15, -0.1) is 0 Å². The first-order chi connectivity index (χ1) is 13.0. The average molecular weight is 369 g/mol. The fraction of sp³-hybridized carbons (Fsp3) is 0.200. The number of ketones is 1. The van der Waals surface area contributed by atoms with Crippen molar-refractivity contribution in [1.29, 1.82) is 0 Å². The molecule has 1 aliphatic heterocycles. The van der Waals surface area contributed by atoms with Gasteiger partial charge in [0.25, 0.3) is 11.8 Å². The molecule has 0 saturated heterocycles. The van der Waals surface area contributed by atoms with Crippen molar-refractivity contribution in [3.05, 3.63) is 71.0 Å². The van der Waals surface area contributed by atoms with E-state index in [2.05, 4.69) is 0 Å². The van der Waals surface area contributed by atoms with Crippen LogP contribution in [-0.2, 0) is 9.53 Å². The van der Waals surface area contributed by atoms with Crippen LogP contribution in [0.3, 0.4) is 0 Å². The Morgan fingerprint density at radius 1 is 0.889 bits per heavy atom. The molecule has 0 spiro atoms. The van der Waals surface area contributed by atoms with E-state index in [9.17, 15) is 23.6 Å². The highest BCUT2D eigenvalue weighted by atomic mass is 19.1. The quantitative estimate of drug-likeness (QED) is 0.426. The van der Waals surface area contributed by atoms with Gasteiger partial charge < -0.3 is 4.74 Å². The minimum absolute atomic E-state index is 0.0516. The van der Waals surface area contributed by atoms with Gasteiger partial charge in [0.05, 0.1) is 24.1 Å². The van der Waals surface area contributed by atoms with Crippen molar-refractivity contribution in [1.82, 2.24) is 4.90 Å². The first-order valence-electron chi connectivity index (χ1n) is 8.37. The highest BCUT2D eigenvalue weighted by Gasteiger charge is 2.34. The Balaban J connectivity index is 1.44. The van der Waals surface area contributed by atoms with Crippen LogP contribution in [0.4, 0.5) is 4.39 Å². The molecule has 0 aromatic heterocycles. The van der Waals surface area contributed by atoms with Crippen molar-refractivity contribution < 1.29 is 28.3 Å². The smallest absolute Gasteiger partial charge is 0.306 e. The summed E-state index contributed by atoms with van der Waals surface area (Å²) in [4.78, 5) is 49.1. The molecule has 2 aromatic rings. The summed E-state index contributed by atoms with van der Waals surface area (Å²) in [5.74, 6) is -2.19. The minimum Gasteiger partial charge on any atom is -0.464 e. The van der Waals surface area contributed by atoms with E-state index >= 15 is 0 Å². The first kappa shape index (κ1) is 18.4. The number of benzene rings is 2. The van der Waals surface area contributed by atoms with Crippen molar-refractivity contribution in [2.75, 3.05) is 13.2 Å². The summed E-state index contributed by atoms with van der Waals surface area (Å²) in [5.41, 5.74) is 0.979. The van der Waals surface area contributed by atoms with Gasteiger partial charge in [-0.25, -0.2) is 4.39 Å². The summed E-state index contributed by atoms with van der Waals surface area (Å²) in [6, 6.07) is 11.5. The van der Waals surface area contributed by atoms with E-state index < -0.39 is 23.6 Å². The summed E-state index contributed by atoms with van der Waals surface area (Å²) in [6.07, 6.45) is -0.212. The summed E-state index contributed by atoms with van der Waals surface area (Å²) in [7, 11) is 0. The second-order valence-electron chi connectivity index (χ2n) is 5.96. The Morgan fingerprint density at radius 2 is 1.48 bits per heavy atom. The van der Waals surface area contributed by atoms with Crippen LogP contribution < -0.4 is 0 Å². The van der Waals surface area contributed by atoms with Gasteiger partial charge in [0.2, 0.25) is 0 Å². The zero-order valence-corrected chi connectivity index (χ0v) is 14.3. The van der Waals surface area contributed by atoms with Gasteiger partial charge in [-0.1, -0.05) is 12.1 Å². The number of hydrogen-bond donors (Lipinski definition) is 0. The second-order valence-corrected chi connectivity index (χ2v) is 5.96. The molecule has 0 radical (unpaired) electrons. The monoisotopic (exact) mass is 369 g/mol. The molecule has 27 heavy (non-hydrogen) atoms. The SMILES string of the molecule is O=C(CCC(=O)c1ccc(F)cc1)OCCN1C(=O)c2ccccc2C1=O. The largest absolute Gasteiger partial charge is 0.464 e. The van der Waals surface area contributed by atoms with E-state index in [0.29, 0.717) is 16.7 Å². The van der Waals surface area contributed by atoms with Gasteiger partial charge in [-0.2, -0.15) is 0 Å². The van der Waals surface area contributed by atoms with Crippen LogP contribution in [0.1, 0.15) is 43.9 Å². The number of rotatable bonds is 7. The van der Waals surface area contributed by atoms with Crippen LogP contribution in [0.15, 0.2) is 48.5 Å². The van der Waals surface area contributed by atoms with Gasteiger partial charge in [-0.05, 0) is 36.4 Å². The predicted octanol–water partition coefficient (Wildman–Crippen LogP) is 2.63. The highest BCUT2D eigenvalue weighted by molar-refractivity contribution is 6.21. The number of amides is 2. The molecule has 0 unspecified atom stereocenters. The number of carbonyl (C=O) groups is 4. The maximum atomic E-state index is 12.8. The number of imide groups is 1. The van der Waals surface area contributed by atoms with Crippen LogP contribution in [0, 0.1) is 5.82 Å². The average Bonchev–Trinajstić information content (AvgIpc) is 2.92. The molecule has 0 aliphatic carbocycles. The lowest BCUT2D eigenvalue weighted by Gasteiger charge is -2.13. The maximum Gasteiger partial charge on any atom is 0.306 e. The lowest BCUT2D eigenvalue weighted by atomic mass is 10.1. The molecule has 2 amide bonds. The van der Waals surface area contributed by atoms with E-state index in [1.165, 1.54) is 24.3 Å². The lowest BCUT2D eigenvalue weighted by molar-refractivity contribution is -0.143. The summed E-state index contributed by atoms with van der Waals surface area (Å²) < 4.78 is 17.8. The van der Waals surface area contributed by atoms with E-state index in [0.717, 1.165) is 4.90 Å². The van der Waals surface area contributed by atoms with Gasteiger partial charge in [0, 0.05) is 12.0 Å². The molecule has 0 N–H and O–H groups in total. The van der Waals surface area contributed by atoms with Gasteiger partial charge in [-0.3, -0.25) is 24.1 Å². The van der Waals surface area contributed by atoms with E-state index in [4.69, 9.17) is 4.74 Å². The summed E-state index contributed by atoms with van der Waals surface area (Å²) >= 11 is 0. The molecule has 6 nitrogen and oxygen atoms in total. The lowest BCUT2D eigenvalue weighted by Crippen LogP contribution is -2.33. The molecule has 0 saturated carbocycles. The molecular weight excluding hydrogens is 353 g/mol. The van der Waals surface area contributed by atoms with Crippen molar-refractivity contribution in [3.8, 4) is 0 Å². The summed E-state index contributed by atoms with van der Waals surface area (Å²) in [6.45, 7) is -0.195. The first-order valence-corrected chi connectivity index (χ1v) is 8.37. The Morgan fingerprint density at radius 3 is 2.07 bits per heavy atom. The minimum atomic E-state index is -0.609.